The molecule has 1 aromatic heterocycles. The molecule has 0 bridgehead atoms. The second-order valence-corrected chi connectivity index (χ2v) is 3.28. The summed E-state index contributed by atoms with van der Waals surface area (Å²) in [4.78, 5) is 23.0. The lowest BCUT2D eigenvalue weighted by Gasteiger charge is -2.07. The zero-order chi connectivity index (χ0) is 10.6. The highest BCUT2D eigenvalue weighted by molar-refractivity contribution is 4.86. The van der Waals surface area contributed by atoms with E-state index in [1.807, 2.05) is 13.8 Å². The minimum atomic E-state index is -0.204. The van der Waals surface area contributed by atoms with Gasteiger partial charge in [-0.2, -0.15) is 0 Å². The van der Waals surface area contributed by atoms with Crippen molar-refractivity contribution < 1.29 is 0 Å². The molecule has 1 rings (SSSR count). The fraction of sp³-hybridized carbons (Fsp3) is 0.600. The molecule has 0 amide bonds. The first-order chi connectivity index (χ1) is 6.70. The van der Waals surface area contributed by atoms with Crippen LogP contribution in [0.15, 0.2) is 21.9 Å². The van der Waals surface area contributed by atoms with Gasteiger partial charge in [-0.25, -0.2) is 4.79 Å². The van der Waals surface area contributed by atoms with Crippen LogP contribution in [0.4, 0.5) is 0 Å². The minimum absolute atomic E-state index is 0.193. The summed E-state index contributed by atoms with van der Waals surface area (Å²) in [6.45, 7) is 5.12. The van der Waals surface area contributed by atoms with E-state index in [4.69, 9.17) is 0 Å². The fourth-order valence-electron chi connectivity index (χ4n) is 1.40. The number of hydrogen-bond donors (Lipinski definition) is 0. The van der Waals surface area contributed by atoms with Gasteiger partial charge in [0.05, 0.1) is 0 Å². The Morgan fingerprint density at radius 3 is 2.36 bits per heavy atom. The standard InChI is InChI=1S/C10H16N2O2/c1-3-6-11-8-5-9(13)12(7-4-2)10(11)14/h5,8H,3-4,6-7H2,1-2H3. The highest BCUT2D eigenvalue weighted by atomic mass is 16.2. The molecule has 0 spiro atoms. The van der Waals surface area contributed by atoms with Gasteiger partial charge in [-0.1, -0.05) is 13.8 Å². The molecule has 0 fully saturated rings. The first kappa shape index (κ1) is 10.8. The van der Waals surface area contributed by atoms with E-state index in [2.05, 4.69) is 0 Å². The lowest BCUT2D eigenvalue weighted by Crippen LogP contribution is -2.38. The summed E-state index contributed by atoms with van der Waals surface area (Å²) < 4.78 is 2.87. The fourth-order valence-corrected chi connectivity index (χ4v) is 1.40. The number of aryl methyl sites for hydroxylation is 1. The first-order valence-corrected chi connectivity index (χ1v) is 5.01. The second kappa shape index (κ2) is 4.79. The number of nitrogens with zero attached hydrogens (tertiary/aromatic N) is 2. The third kappa shape index (κ3) is 2.13. The van der Waals surface area contributed by atoms with Gasteiger partial charge in [-0.15, -0.1) is 0 Å². The normalized spacial score (nSPS) is 10.4. The molecule has 0 aliphatic carbocycles. The largest absolute Gasteiger partial charge is 0.330 e. The van der Waals surface area contributed by atoms with E-state index in [1.165, 1.54) is 10.6 Å². The molecule has 4 heteroatoms. The topological polar surface area (TPSA) is 44.0 Å². The molecule has 0 aliphatic heterocycles. The number of rotatable bonds is 4. The zero-order valence-electron chi connectivity index (χ0n) is 8.69. The smallest absolute Gasteiger partial charge is 0.300 e. The Labute approximate surface area is 82.8 Å². The van der Waals surface area contributed by atoms with E-state index in [1.54, 1.807) is 10.8 Å². The molecular formula is C10H16N2O2. The quantitative estimate of drug-likeness (QED) is 0.716. The van der Waals surface area contributed by atoms with E-state index in [0.29, 0.717) is 13.1 Å². The van der Waals surface area contributed by atoms with E-state index in [9.17, 15) is 9.59 Å². The molecule has 0 aliphatic rings. The summed E-state index contributed by atoms with van der Waals surface area (Å²) in [5.41, 5.74) is -0.398. The molecule has 0 unspecified atom stereocenters. The molecule has 1 heterocycles. The van der Waals surface area contributed by atoms with Crippen LogP contribution in [0.5, 0.6) is 0 Å². The van der Waals surface area contributed by atoms with Crippen molar-refractivity contribution in [2.75, 3.05) is 0 Å². The summed E-state index contributed by atoms with van der Waals surface area (Å²) in [7, 11) is 0. The van der Waals surface area contributed by atoms with Gasteiger partial charge >= 0.3 is 5.69 Å². The van der Waals surface area contributed by atoms with Gasteiger partial charge in [-0.3, -0.25) is 9.36 Å². The molecule has 0 atom stereocenters. The summed E-state index contributed by atoms with van der Waals surface area (Å²) in [6, 6.07) is 1.45. The van der Waals surface area contributed by atoms with Crippen LogP contribution in [0.1, 0.15) is 26.7 Å². The Morgan fingerprint density at radius 1 is 1.14 bits per heavy atom. The SMILES string of the molecule is CCCn1ccc(=O)n(CCC)c1=O. The highest BCUT2D eigenvalue weighted by Gasteiger charge is 2.02. The van der Waals surface area contributed by atoms with Crippen LogP contribution in [-0.4, -0.2) is 9.13 Å². The molecule has 0 N–H and O–H groups in total. The molecule has 14 heavy (non-hydrogen) atoms. The molecule has 1 aromatic rings. The highest BCUT2D eigenvalue weighted by Crippen LogP contribution is 1.85. The summed E-state index contributed by atoms with van der Waals surface area (Å²) in [5, 5.41) is 0. The van der Waals surface area contributed by atoms with Crippen LogP contribution in [-0.2, 0) is 13.1 Å². The van der Waals surface area contributed by atoms with Gasteiger partial charge in [0, 0.05) is 25.4 Å². The molecule has 0 saturated heterocycles. The Balaban J connectivity index is 3.19. The number of hydrogen-bond acceptors (Lipinski definition) is 2. The van der Waals surface area contributed by atoms with Gasteiger partial charge in [0.2, 0.25) is 0 Å². The molecule has 0 radical (unpaired) electrons. The van der Waals surface area contributed by atoms with E-state index in [-0.39, 0.29) is 11.2 Å². The van der Waals surface area contributed by atoms with Gasteiger partial charge in [-0.05, 0) is 12.8 Å². The maximum Gasteiger partial charge on any atom is 0.330 e. The Kier molecular flexibility index (Phi) is 3.68. The summed E-state index contributed by atoms with van der Waals surface area (Å²) in [6.07, 6.45) is 3.26. The van der Waals surface area contributed by atoms with Crippen molar-refractivity contribution in [3.05, 3.63) is 33.1 Å². The lowest BCUT2D eigenvalue weighted by molar-refractivity contribution is 0.540. The monoisotopic (exact) mass is 196 g/mol. The van der Waals surface area contributed by atoms with Crippen LogP contribution in [0.25, 0.3) is 0 Å². The molecule has 0 saturated carbocycles. The van der Waals surface area contributed by atoms with Crippen molar-refractivity contribution in [3.8, 4) is 0 Å². The van der Waals surface area contributed by atoms with Crippen molar-refractivity contribution in [2.24, 2.45) is 0 Å². The van der Waals surface area contributed by atoms with Crippen LogP contribution in [0.2, 0.25) is 0 Å². The van der Waals surface area contributed by atoms with E-state index >= 15 is 0 Å². The summed E-state index contributed by atoms with van der Waals surface area (Å²) in [5.74, 6) is 0. The Hall–Kier alpha value is -1.32. The molecule has 0 aromatic carbocycles. The Bertz CT molecular complexity index is 403. The molecular weight excluding hydrogens is 180 g/mol. The maximum absolute atomic E-state index is 11.7. The van der Waals surface area contributed by atoms with Crippen molar-refractivity contribution >= 4 is 0 Å². The van der Waals surface area contributed by atoms with E-state index in [0.717, 1.165) is 12.8 Å². The Morgan fingerprint density at radius 2 is 1.79 bits per heavy atom. The van der Waals surface area contributed by atoms with Crippen LogP contribution in [0.3, 0.4) is 0 Å². The van der Waals surface area contributed by atoms with Crippen molar-refractivity contribution in [3.63, 3.8) is 0 Å². The van der Waals surface area contributed by atoms with Crippen molar-refractivity contribution in [2.45, 2.75) is 39.8 Å². The van der Waals surface area contributed by atoms with Crippen molar-refractivity contribution in [1.82, 2.24) is 9.13 Å². The van der Waals surface area contributed by atoms with Crippen molar-refractivity contribution in [1.29, 1.82) is 0 Å². The molecule has 78 valence electrons. The van der Waals surface area contributed by atoms with Gasteiger partial charge in [0.25, 0.3) is 5.56 Å². The van der Waals surface area contributed by atoms with Crippen LogP contribution in [0, 0.1) is 0 Å². The molecule has 4 nitrogen and oxygen atoms in total. The average molecular weight is 196 g/mol. The van der Waals surface area contributed by atoms with Gasteiger partial charge < -0.3 is 4.57 Å². The lowest BCUT2D eigenvalue weighted by atomic mass is 10.4. The summed E-state index contributed by atoms with van der Waals surface area (Å²) >= 11 is 0. The van der Waals surface area contributed by atoms with Crippen LogP contribution < -0.4 is 11.2 Å². The zero-order valence-corrected chi connectivity index (χ0v) is 8.69. The predicted molar refractivity (Wildman–Crippen MR) is 55.5 cm³/mol. The maximum atomic E-state index is 11.7. The average Bonchev–Trinajstić information content (AvgIpc) is 2.17. The van der Waals surface area contributed by atoms with E-state index < -0.39 is 0 Å². The van der Waals surface area contributed by atoms with Gasteiger partial charge in [0.15, 0.2) is 0 Å². The third-order valence-electron chi connectivity index (χ3n) is 2.05. The minimum Gasteiger partial charge on any atom is -0.300 e. The predicted octanol–water partition coefficient (Wildman–Crippen LogP) is 0.830. The van der Waals surface area contributed by atoms with Gasteiger partial charge in [0.1, 0.15) is 0 Å². The second-order valence-electron chi connectivity index (χ2n) is 3.28. The van der Waals surface area contributed by atoms with Crippen LogP contribution >= 0.6 is 0 Å². The third-order valence-corrected chi connectivity index (χ3v) is 2.05. The first-order valence-electron chi connectivity index (χ1n) is 5.01. The number of aromatic nitrogens is 2.